The molecule has 0 aromatic heterocycles. The smallest absolute Gasteiger partial charge is 0.234 e. The molecule has 23 heavy (non-hydrogen) atoms. The first-order valence-corrected chi connectivity index (χ1v) is 8.33. The van der Waals surface area contributed by atoms with Crippen LogP contribution in [0, 0.1) is 5.92 Å². The second kappa shape index (κ2) is 8.31. The topological polar surface area (TPSA) is 61.8 Å². The molecule has 1 aliphatic heterocycles. The van der Waals surface area contributed by atoms with E-state index in [4.69, 9.17) is 4.74 Å². The van der Waals surface area contributed by atoms with Gasteiger partial charge >= 0.3 is 0 Å². The number of carbonyl (C=O) groups excluding carboxylic acids is 1. The van der Waals surface area contributed by atoms with Gasteiger partial charge in [0.1, 0.15) is 5.75 Å². The number of likely N-dealkylation sites (tertiary alicyclic amines) is 1. The van der Waals surface area contributed by atoms with Crippen molar-refractivity contribution in [2.45, 2.75) is 38.8 Å². The number of carbonyl (C=O) groups is 1. The summed E-state index contributed by atoms with van der Waals surface area (Å²) in [4.78, 5) is 14.5. The zero-order valence-electron chi connectivity index (χ0n) is 14.3. The Bertz CT molecular complexity index is 493. The van der Waals surface area contributed by atoms with Crippen LogP contribution in [0.25, 0.3) is 0 Å². The molecule has 1 fully saturated rings. The Balaban J connectivity index is 1.94. The van der Waals surface area contributed by atoms with Crippen LogP contribution in [0.2, 0.25) is 0 Å². The first-order chi connectivity index (χ1) is 11.0. The van der Waals surface area contributed by atoms with Crippen LogP contribution in [0.1, 0.15) is 38.3 Å². The van der Waals surface area contributed by atoms with Crippen LogP contribution in [0.4, 0.5) is 0 Å². The van der Waals surface area contributed by atoms with Crippen molar-refractivity contribution in [3.8, 4) is 5.75 Å². The van der Waals surface area contributed by atoms with E-state index in [0.29, 0.717) is 12.5 Å². The molecule has 1 saturated heterocycles. The lowest BCUT2D eigenvalue weighted by molar-refractivity contribution is -0.123. The Morgan fingerprint density at radius 2 is 1.91 bits per heavy atom. The van der Waals surface area contributed by atoms with Gasteiger partial charge in [0.2, 0.25) is 5.91 Å². The fourth-order valence-electron chi connectivity index (χ4n) is 2.95. The van der Waals surface area contributed by atoms with Crippen LogP contribution in [-0.4, -0.2) is 48.8 Å². The highest BCUT2D eigenvalue weighted by Crippen LogP contribution is 2.24. The summed E-state index contributed by atoms with van der Waals surface area (Å²) in [7, 11) is 1.65. The number of benzene rings is 1. The summed E-state index contributed by atoms with van der Waals surface area (Å²) in [6.07, 6.45) is 1.29. The van der Waals surface area contributed by atoms with Crippen LogP contribution in [0.15, 0.2) is 24.3 Å². The number of hydrogen-bond acceptors (Lipinski definition) is 4. The van der Waals surface area contributed by atoms with E-state index in [-0.39, 0.29) is 18.1 Å². The highest BCUT2D eigenvalue weighted by Gasteiger charge is 2.22. The monoisotopic (exact) mass is 320 g/mol. The number of nitrogens with zero attached hydrogens (tertiary/aromatic N) is 1. The average Bonchev–Trinajstić information content (AvgIpc) is 2.55. The van der Waals surface area contributed by atoms with Gasteiger partial charge in [-0.2, -0.15) is 0 Å². The maximum Gasteiger partial charge on any atom is 0.234 e. The number of rotatable bonds is 6. The third kappa shape index (κ3) is 5.22. The minimum absolute atomic E-state index is 0.0104. The second-order valence-electron chi connectivity index (χ2n) is 6.57. The molecule has 1 atom stereocenters. The van der Waals surface area contributed by atoms with Gasteiger partial charge in [0.25, 0.3) is 0 Å². The van der Waals surface area contributed by atoms with Crippen molar-refractivity contribution in [3.05, 3.63) is 29.8 Å². The number of nitrogens with one attached hydrogen (secondary N) is 1. The van der Waals surface area contributed by atoms with Crippen molar-refractivity contribution in [2.75, 3.05) is 26.7 Å². The number of aliphatic hydroxyl groups is 1. The van der Waals surface area contributed by atoms with Gasteiger partial charge in [0.05, 0.1) is 25.8 Å². The first-order valence-electron chi connectivity index (χ1n) is 8.33. The molecule has 0 spiro atoms. The molecule has 0 saturated carbocycles. The van der Waals surface area contributed by atoms with E-state index in [1.54, 1.807) is 7.11 Å². The molecular weight excluding hydrogens is 292 g/mol. The maximum absolute atomic E-state index is 12.4. The molecule has 128 valence electrons. The lowest BCUT2D eigenvalue weighted by atomic mass is 9.96. The van der Waals surface area contributed by atoms with E-state index in [2.05, 4.69) is 24.1 Å². The Kier molecular flexibility index (Phi) is 6.42. The largest absolute Gasteiger partial charge is 0.497 e. The number of aliphatic hydroxyl groups excluding tert-OH is 1. The van der Waals surface area contributed by atoms with Gasteiger partial charge in [0, 0.05) is 13.1 Å². The third-order valence-electron chi connectivity index (χ3n) is 4.38. The van der Waals surface area contributed by atoms with E-state index in [1.165, 1.54) is 0 Å². The molecule has 1 aromatic carbocycles. The molecule has 0 radical (unpaired) electrons. The van der Waals surface area contributed by atoms with Gasteiger partial charge in [-0.3, -0.25) is 9.69 Å². The average molecular weight is 320 g/mol. The van der Waals surface area contributed by atoms with Gasteiger partial charge in [-0.25, -0.2) is 0 Å². The predicted molar refractivity (Wildman–Crippen MR) is 90.4 cm³/mol. The molecular formula is C18H28N2O3. The molecule has 1 aromatic rings. The van der Waals surface area contributed by atoms with Crippen LogP contribution in [-0.2, 0) is 4.79 Å². The summed E-state index contributed by atoms with van der Waals surface area (Å²) in [5.74, 6) is 1.15. The molecule has 0 unspecified atom stereocenters. The summed E-state index contributed by atoms with van der Waals surface area (Å²) in [5, 5.41) is 12.7. The van der Waals surface area contributed by atoms with E-state index in [1.807, 2.05) is 24.3 Å². The summed E-state index contributed by atoms with van der Waals surface area (Å²) in [5.41, 5.74) is 1.09. The first kappa shape index (κ1) is 17.8. The van der Waals surface area contributed by atoms with Crippen molar-refractivity contribution in [1.29, 1.82) is 0 Å². The second-order valence-corrected chi connectivity index (χ2v) is 6.57. The zero-order valence-corrected chi connectivity index (χ0v) is 14.3. The number of piperidine rings is 1. The number of ether oxygens (including phenoxy) is 1. The van der Waals surface area contributed by atoms with Crippen LogP contribution < -0.4 is 10.1 Å². The molecule has 0 aliphatic carbocycles. The SMILES string of the molecule is COc1ccc([C@H](NC(=O)CN2CCC(O)CC2)C(C)C)cc1. The number of amides is 1. The summed E-state index contributed by atoms with van der Waals surface area (Å²) in [6, 6.07) is 7.83. The Morgan fingerprint density at radius 1 is 1.30 bits per heavy atom. The zero-order chi connectivity index (χ0) is 16.8. The van der Waals surface area contributed by atoms with Crippen molar-refractivity contribution in [3.63, 3.8) is 0 Å². The Morgan fingerprint density at radius 3 is 2.43 bits per heavy atom. The molecule has 1 amide bonds. The van der Waals surface area contributed by atoms with Gasteiger partial charge in [-0.05, 0) is 36.5 Å². The van der Waals surface area contributed by atoms with Crippen LogP contribution >= 0.6 is 0 Å². The van der Waals surface area contributed by atoms with Crippen molar-refractivity contribution in [1.82, 2.24) is 10.2 Å². The Labute approximate surface area is 138 Å². The predicted octanol–water partition coefficient (Wildman–Crippen LogP) is 1.97. The van der Waals surface area contributed by atoms with Crippen molar-refractivity contribution >= 4 is 5.91 Å². The van der Waals surface area contributed by atoms with Crippen LogP contribution in [0.5, 0.6) is 5.75 Å². The minimum atomic E-state index is -0.211. The highest BCUT2D eigenvalue weighted by molar-refractivity contribution is 5.78. The lowest BCUT2D eigenvalue weighted by Gasteiger charge is -2.30. The fraction of sp³-hybridized carbons (Fsp3) is 0.611. The Hall–Kier alpha value is -1.59. The normalized spacial score (nSPS) is 18.0. The van der Waals surface area contributed by atoms with Crippen molar-refractivity contribution in [2.24, 2.45) is 5.92 Å². The number of hydrogen-bond donors (Lipinski definition) is 2. The summed E-state index contributed by atoms with van der Waals surface area (Å²) in [6.45, 7) is 6.16. The van der Waals surface area contributed by atoms with E-state index in [0.717, 1.165) is 37.2 Å². The van der Waals surface area contributed by atoms with Gasteiger partial charge in [0.15, 0.2) is 0 Å². The van der Waals surface area contributed by atoms with Gasteiger partial charge in [-0.15, -0.1) is 0 Å². The summed E-state index contributed by atoms with van der Waals surface area (Å²) >= 11 is 0. The molecule has 1 aliphatic rings. The van der Waals surface area contributed by atoms with Crippen LogP contribution in [0.3, 0.4) is 0 Å². The quantitative estimate of drug-likeness (QED) is 0.841. The molecule has 5 heteroatoms. The lowest BCUT2D eigenvalue weighted by Crippen LogP contribution is -2.44. The molecule has 5 nitrogen and oxygen atoms in total. The molecule has 0 bridgehead atoms. The fourth-order valence-corrected chi connectivity index (χ4v) is 2.95. The number of methoxy groups -OCH3 is 1. The highest BCUT2D eigenvalue weighted by atomic mass is 16.5. The molecule has 1 heterocycles. The maximum atomic E-state index is 12.4. The molecule has 2 N–H and O–H groups in total. The minimum Gasteiger partial charge on any atom is -0.497 e. The summed E-state index contributed by atoms with van der Waals surface area (Å²) < 4.78 is 5.19. The van der Waals surface area contributed by atoms with E-state index >= 15 is 0 Å². The van der Waals surface area contributed by atoms with Gasteiger partial charge < -0.3 is 15.2 Å². The van der Waals surface area contributed by atoms with E-state index < -0.39 is 0 Å². The van der Waals surface area contributed by atoms with Crippen molar-refractivity contribution < 1.29 is 14.6 Å². The standard InChI is InChI=1S/C18H28N2O3/c1-13(2)18(14-4-6-16(23-3)7-5-14)19-17(22)12-20-10-8-15(21)9-11-20/h4-7,13,15,18,21H,8-12H2,1-3H3,(H,19,22)/t18-/m1/s1. The molecule has 2 rings (SSSR count). The third-order valence-corrected chi connectivity index (χ3v) is 4.38. The van der Waals surface area contributed by atoms with Gasteiger partial charge in [-0.1, -0.05) is 26.0 Å². The van der Waals surface area contributed by atoms with E-state index in [9.17, 15) is 9.90 Å².